The van der Waals surface area contributed by atoms with Gasteiger partial charge in [0.25, 0.3) is 0 Å². The summed E-state index contributed by atoms with van der Waals surface area (Å²) in [5, 5.41) is 11.3. The average Bonchev–Trinajstić information content (AvgIpc) is 2.48. The number of nitrogens with two attached hydrogens (primary N) is 1. The molecule has 1 aliphatic rings. The van der Waals surface area contributed by atoms with E-state index in [-0.39, 0.29) is 12.6 Å². The zero-order valence-electron chi connectivity index (χ0n) is 12.3. The Bertz CT molecular complexity index is 447. The molecule has 0 spiro atoms. The van der Waals surface area contributed by atoms with Gasteiger partial charge in [-0.1, -0.05) is 12.1 Å². The highest BCUT2D eigenvalue weighted by molar-refractivity contribution is 5.89. The maximum Gasteiger partial charge on any atom is 0.338 e. The first-order chi connectivity index (χ1) is 9.53. The molecule has 1 fully saturated rings. The minimum absolute atomic E-state index is 0.0145. The van der Waals surface area contributed by atoms with E-state index in [4.69, 9.17) is 9.84 Å². The Morgan fingerprint density at radius 3 is 2.45 bits per heavy atom. The van der Waals surface area contributed by atoms with E-state index in [1.165, 1.54) is 0 Å². The molecule has 4 nitrogen and oxygen atoms in total. The summed E-state index contributed by atoms with van der Waals surface area (Å²) >= 11 is 0. The Balaban J connectivity index is 2.01. The molecule has 0 atom stereocenters. The highest BCUT2D eigenvalue weighted by Gasteiger charge is 2.35. The average molecular weight is 278 g/mol. The summed E-state index contributed by atoms with van der Waals surface area (Å²) in [7, 11) is 0. The SMILES string of the molecule is CC(C)(OC(=O)c1ccc(CO)cc1)C1CC[NH2+]CC1. The van der Waals surface area contributed by atoms with Gasteiger partial charge in [0.15, 0.2) is 0 Å². The van der Waals surface area contributed by atoms with Gasteiger partial charge in [-0.15, -0.1) is 0 Å². The van der Waals surface area contributed by atoms with Crippen LogP contribution in [0.2, 0.25) is 0 Å². The molecule has 0 amide bonds. The fourth-order valence-corrected chi connectivity index (χ4v) is 2.75. The number of piperidine rings is 1. The van der Waals surface area contributed by atoms with Gasteiger partial charge in [0.2, 0.25) is 0 Å². The number of aliphatic hydroxyl groups is 1. The van der Waals surface area contributed by atoms with Crippen molar-refractivity contribution in [3.05, 3.63) is 35.4 Å². The topological polar surface area (TPSA) is 63.1 Å². The number of carbonyl (C=O) groups excluding carboxylic acids is 1. The van der Waals surface area contributed by atoms with Gasteiger partial charge >= 0.3 is 5.97 Å². The van der Waals surface area contributed by atoms with Gasteiger partial charge in [0, 0.05) is 18.8 Å². The molecule has 20 heavy (non-hydrogen) atoms. The van der Waals surface area contributed by atoms with E-state index >= 15 is 0 Å². The minimum Gasteiger partial charge on any atom is -0.456 e. The van der Waals surface area contributed by atoms with Crippen LogP contribution in [-0.2, 0) is 11.3 Å². The summed E-state index contributed by atoms with van der Waals surface area (Å²) in [6.45, 7) is 6.21. The number of benzene rings is 1. The van der Waals surface area contributed by atoms with Crippen LogP contribution < -0.4 is 5.32 Å². The molecule has 0 radical (unpaired) electrons. The van der Waals surface area contributed by atoms with Crippen LogP contribution in [0, 0.1) is 5.92 Å². The third-order valence-corrected chi connectivity index (χ3v) is 4.15. The Morgan fingerprint density at radius 1 is 1.30 bits per heavy atom. The van der Waals surface area contributed by atoms with Crippen molar-refractivity contribution in [2.75, 3.05) is 13.1 Å². The van der Waals surface area contributed by atoms with E-state index in [0.717, 1.165) is 31.5 Å². The van der Waals surface area contributed by atoms with E-state index in [0.29, 0.717) is 11.5 Å². The smallest absolute Gasteiger partial charge is 0.338 e. The standard InChI is InChI=1S/C16H23NO3/c1-16(2,14-7-9-17-10-8-14)20-15(19)13-5-3-12(11-18)4-6-13/h3-6,14,17-18H,7-11H2,1-2H3/p+1. The zero-order chi connectivity index (χ0) is 14.6. The van der Waals surface area contributed by atoms with Crippen LogP contribution in [0.3, 0.4) is 0 Å². The van der Waals surface area contributed by atoms with Gasteiger partial charge in [-0.25, -0.2) is 4.79 Å². The fraction of sp³-hybridized carbons (Fsp3) is 0.562. The van der Waals surface area contributed by atoms with Gasteiger partial charge in [-0.2, -0.15) is 0 Å². The number of carbonyl (C=O) groups is 1. The van der Waals surface area contributed by atoms with E-state index in [9.17, 15) is 4.79 Å². The van der Waals surface area contributed by atoms with Crippen LogP contribution in [0.15, 0.2) is 24.3 Å². The Hall–Kier alpha value is -1.39. The molecule has 0 unspecified atom stereocenters. The molecule has 0 bridgehead atoms. The van der Waals surface area contributed by atoms with Crippen LogP contribution in [-0.4, -0.2) is 29.8 Å². The number of hydrogen-bond donors (Lipinski definition) is 2. The second-order valence-electron chi connectivity index (χ2n) is 5.99. The van der Waals surface area contributed by atoms with Crippen molar-refractivity contribution in [2.24, 2.45) is 5.92 Å². The van der Waals surface area contributed by atoms with Crippen LogP contribution in [0.4, 0.5) is 0 Å². The monoisotopic (exact) mass is 278 g/mol. The van der Waals surface area contributed by atoms with E-state index < -0.39 is 5.60 Å². The molecule has 110 valence electrons. The third kappa shape index (κ3) is 3.58. The lowest BCUT2D eigenvalue weighted by Crippen LogP contribution is -2.86. The molecule has 1 saturated heterocycles. The van der Waals surface area contributed by atoms with E-state index in [1.54, 1.807) is 24.3 Å². The largest absolute Gasteiger partial charge is 0.456 e. The van der Waals surface area contributed by atoms with Crippen LogP contribution in [0.1, 0.15) is 42.6 Å². The van der Waals surface area contributed by atoms with Crippen LogP contribution in [0.5, 0.6) is 0 Å². The molecule has 1 aromatic carbocycles. The lowest BCUT2D eigenvalue weighted by Gasteiger charge is -2.35. The summed E-state index contributed by atoms with van der Waals surface area (Å²) in [4.78, 5) is 12.2. The predicted molar refractivity (Wildman–Crippen MR) is 76.2 cm³/mol. The maximum absolute atomic E-state index is 12.2. The van der Waals surface area contributed by atoms with Crippen molar-refractivity contribution in [1.29, 1.82) is 0 Å². The number of quaternary nitrogens is 1. The Morgan fingerprint density at radius 2 is 1.90 bits per heavy atom. The normalized spacial score (nSPS) is 16.9. The molecule has 1 aliphatic heterocycles. The van der Waals surface area contributed by atoms with Crippen molar-refractivity contribution in [3.63, 3.8) is 0 Å². The van der Waals surface area contributed by atoms with Gasteiger partial charge in [0.1, 0.15) is 5.60 Å². The molecule has 1 heterocycles. The van der Waals surface area contributed by atoms with E-state index in [2.05, 4.69) is 5.32 Å². The third-order valence-electron chi connectivity index (χ3n) is 4.15. The summed E-state index contributed by atoms with van der Waals surface area (Å²) in [6, 6.07) is 6.91. The van der Waals surface area contributed by atoms with Crippen LogP contribution in [0.25, 0.3) is 0 Å². The molecular formula is C16H24NO3+. The Kier molecular flexibility index (Phi) is 4.78. The molecule has 0 saturated carbocycles. The zero-order valence-corrected chi connectivity index (χ0v) is 12.3. The van der Waals surface area contributed by atoms with Gasteiger partial charge in [0.05, 0.1) is 25.3 Å². The fourth-order valence-electron chi connectivity index (χ4n) is 2.75. The minimum atomic E-state index is -0.430. The molecule has 0 aromatic heterocycles. The molecule has 4 heteroatoms. The molecule has 0 aliphatic carbocycles. The van der Waals surface area contributed by atoms with Crippen molar-refractivity contribution in [2.45, 2.75) is 38.9 Å². The second kappa shape index (κ2) is 6.37. The quantitative estimate of drug-likeness (QED) is 0.810. The number of esters is 1. The predicted octanol–water partition coefficient (Wildman–Crippen LogP) is 1.09. The number of aliphatic hydroxyl groups excluding tert-OH is 1. The first-order valence-electron chi connectivity index (χ1n) is 7.28. The first kappa shape index (κ1) is 15.0. The number of rotatable bonds is 4. The van der Waals surface area contributed by atoms with Crippen molar-refractivity contribution < 1.29 is 20.0 Å². The van der Waals surface area contributed by atoms with Crippen molar-refractivity contribution >= 4 is 5.97 Å². The molecule has 1 aromatic rings. The summed E-state index contributed by atoms with van der Waals surface area (Å²) in [5.74, 6) is 0.141. The lowest BCUT2D eigenvalue weighted by atomic mass is 9.83. The van der Waals surface area contributed by atoms with Gasteiger partial charge < -0.3 is 15.2 Å². The van der Waals surface area contributed by atoms with Gasteiger partial charge in [-0.3, -0.25) is 0 Å². The number of ether oxygens (including phenoxy) is 1. The molecule has 3 N–H and O–H groups in total. The molecular weight excluding hydrogens is 254 g/mol. The van der Waals surface area contributed by atoms with Crippen LogP contribution >= 0.6 is 0 Å². The lowest BCUT2D eigenvalue weighted by molar-refractivity contribution is -0.665. The summed E-state index contributed by atoms with van der Waals surface area (Å²) < 4.78 is 5.72. The highest BCUT2D eigenvalue weighted by Crippen LogP contribution is 2.28. The van der Waals surface area contributed by atoms with Crippen molar-refractivity contribution in [3.8, 4) is 0 Å². The van der Waals surface area contributed by atoms with E-state index in [1.807, 2.05) is 13.8 Å². The highest BCUT2D eigenvalue weighted by atomic mass is 16.6. The Labute approximate surface area is 120 Å². The summed E-state index contributed by atoms with van der Waals surface area (Å²) in [5.41, 5.74) is 0.905. The van der Waals surface area contributed by atoms with Crippen molar-refractivity contribution in [1.82, 2.24) is 0 Å². The maximum atomic E-state index is 12.2. The summed E-state index contributed by atoms with van der Waals surface area (Å²) in [6.07, 6.45) is 2.17. The van der Waals surface area contributed by atoms with Gasteiger partial charge in [-0.05, 0) is 31.5 Å². The second-order valence-corrected chi connectivity index (χ2v) is 5.99. The molecule has 2 rings (SSSR count). The first-order valence-corrected chi connectivity index (χ1v) is 7.28. The number of hydrogen-bond acceptors (Lipinski definition) is 3.